The van der Waals surface area contributed by atoms with Crippen molar-refractivity contribution in [2.24, 2.45) is 0 Å². The molecule has 3 aliphatic rings. The smallest absolute Gasteiger partial charge is 0.324 e. The van der Waals surface area contributed by atoms with E-state index in [-0.39, 0.29) is 11.4 Å². The summed E-state index contributed by atoms with van der Waals surface area (Å²) >= 11 is 1.71. The number of hydrogen-bond acceptors (Lipinski definition) is 4. The molecule has 2 aromatic rings. The number of thiazole rings is 1. The zero-order chi connectivity index (χ0) is 17.6. The minimum Gasteiger partial charge on any atom is -0.348 e. The van der Waals surface area contributed by atoms with Gasteiger partial charge in [-0.1, -0.05) is 18.2 Å². The highest BCUT2D eigenvalue weighted by Gasteiger charge is 2.47. The van der Waals surface area contributed by atoms with Gasteiger partial charge in [-0.05, 0) is 37.3 Å². The molecule has 5 rings (SSSR count). The van der Waals surface area contributed by atoms with Gasteiger partial charge in [-0.15, -0.1) is 11.3 Å². The lowest BCUT2D eigenvalue weighted by Gasteiger charge is -2.40. The van der Waals surface area contributed by atoms with Crippen molar-refractivity contribution in [1.29, 1.82) is 0 Å². The van der Waals surface area contributed by atoms with Crippen molar-refractivity contribution in [3.63, 3.8) is 0 Å². The molecule has 0 atom stereocenters. The molecule has 2 fully saturated rings. The zero-order valence-electron chi connectivity index (χ0n) is 14.9. The highest BCUT2D eigenvalue weighted by molar-refractivity contribution is 7.13. The summed E-state index contributed by atoms with van der Waals surface area (Å²) in [5, 5.41) is 3.16. The summed E-state index contributed by atoms with van der Waals surface area (Å²) in [7, 11) is 0. The first kappa shape index (κ1) is 16.1. The average Bonchev–Trinajstić information content (AvgIpc) is 3.44. The molecule has 0 bridgehead atoms. The highest BCUT2D eigenvalue weighted by atomic mass is 32.1. The van der Waals surface area contributed by atoms with E-state index in [2.05, 4.69) is 39.0 Å². The number of nitrogens with zero attached hydrogens (tertiary/aromatic N) is 4. The number of piperidine rings is 1. The van der Waals surface area contributed by atoms with Crippen molar-refractivity contribution in [2.75, 3.05) is 42.5 Å². The molecule has 1 aromatic heterocycles. The van der Waals surface area contributed by atoms with Gasteiger partial charge in [0, 0.05) is 55.4 Å². The topological polar surface area (TPSA) is 39.7 Å². The van der Waals surface area contributed by atoms with Crippen LogP contribution >= 0.6 is 11.3 Å². The molecule has 6 heteroatoms. The molecular weight excluding hydrogens is 344 g/mol. The third kappa shape index (κ3) is 2.50. The third-order valence-corrected chi connectivity index (χ3v) is 7.08. The molecule has 1 spiro atoms. The lowest BCUT2D eigenvalue weighted by Crippen LogP contribution is -2.48. The Morgan fingerprint density at radius 2 is 1.85 bits per heavy atom. The molecule has 0 N–H and O–H groups in total. The predicted molar refractivity (Wildman–Crippen MR) is 105 cm³/mol. The number of benzene rings is 1. The number of anilines is 2. The number of likely N-dealkylation sites (tertiary alicyclic amines) is 1. The number of para-hydroxylation sites is 1. The molecule has 0 saturated carbocycles. The summed E-state index contributed by atoms with van der Waals surface area (Å²) < 4.78 is 0. The lowest BCUT2D eigenvalue weighted by atomic mass is 9.74. The van der Waals surface area contributed by atoms with Crippen LogP contribution in [0.2, 0.25) is 0 Å². The van der Waals surface area contributed by atoms with Gasteiger partial charge in [0.25, 0.3) is 0 Å². The second-order valence-electron chi connectivity index (χ2n) is 7.66. The van der Waals surface area contributed by atoms with Gasteiger partial charge in [-0.25, -0.2) is 9.78 Å². The summed E-state index contributed by atoms with van der Waals surface area (Å²) in [5.41, 5.74) is 2.60. The second-order valence-corrected chi connectivity index (χ2v) is 8.54. The Morgan fingerprint density at radius 3 is 2.58 bits per heavy atom. The van der Waals surface area contributed by atoms with E-state index in [1.807, 2.05) is 16.5 Å². The Bertz CT molecular complexity index is 792. The molecule has 2 amide bonds. The number of amides is 2. The minimum absolute atomic E-state index is 0.0970. The maximum absolute atomic E-state index is 13.1. The number of carbonyl (C=O) groups is 1. The van der Waals surface area contributed by atoms with Gasteiger partial charge in [0.2, 0.25) is 0 Å². The van der Waals surface area contributed by atoms with E-state index in [0.29, 0.717) is 0 Å². The zero-order valence-corrected chi connectivity index (χ0v) is 15.7. The van der Waals surface area contributed by atoms with E-state index >= 15 is 0 Å². The summed E-state index contributed by atoms with van der Waals surface area (Å²) in [4.78, 5) is 24.1. The Balaban J connectivity index is 1.41. The van der Waals surface area contributed by atoms with E-state index < -0.39 is 0 Å². The number of hydrogen-bond donors (Lipinski definition) is 0. The van der Waals surface area contributed by atoms with Crippen LogP contribution in [0.1, 0.15) is 31.2 Å². The van der Waals surface area contributed by atoms with Crippen molar-refractivity contribution >= 4 is 28.2 Å². The number of fused-ring (bicyclic) bond motifs is 2. The van der Waals surface area contributed by atoms with Crippen LogP contribution in [0.3, 0.4) is 0 Å². The van der Waals surface area contributed by atoms with Crippen molar-refractivity contribution < 1.29 is 4.79 Å². The van der Waals surface area contributed by atoms with Gasteiger partial charge < -0.3 is 9.80 Å². The molecule has 0 unspecified atom stereocenters. The molecule has 3 aliphatic heterocycles. The maximum atomic E-state index is 13.1. The van der Waals surface area contributed by atoms with Gasteiger partial charge in [-0.2, -0.15) is 0 Å². The van der Waals surface area contributed by atoms with Gasteiger partial charge in [0.05, 0.1) is 0 Å². The Hall–Kier alpha value is -2.08. The van der Waals surface area contributed by atoms with Gasteiger partial charge in [0.15, 0.2) is 5.13 Å². The van der Waals surface area contributed by atoms with Gasteiger partial charge in [-0.3, -0.25) is 4.90 Å². The molecular formula is C20H24N4OS. The molecule has 5 nitrogen and oxygen atoms in total. The maximum Gasteiger partial charge on any atom is 0.324 e. The lowest BCUT2D eigenvalue weighted by molar-refractivity contribution is 0.213. The van der Waals surface area contributed by atoms with E-state index in [1.165, 1.54) is 5.56 Å². The van der Waals surface area contributed by atoms with Crippen LogP contribution in [0.15, 0.2) is 35.8 Å². The van der Waals surface area contributed by atoms with Crippen molar-refractivity contribution in [1.82, 2.24) is 9.88 Å². The standard InChI is InChI=1S/C20H24N4OS/c25-19(23-10-3-4-11-23)24-15-20(16-5-1-2-6-17(16)24)7-12-22(13-8-20)18-21-9-14-26-18/h1-2,5-6,9,14H,3-4,7-8,10-13,15H2. The SMILES string of the molecule is O=C(N1CCCC1)N1CC2(CCN(c3nccs3)CC2)c2ccccc21. The molecule has 0 aliphatic carbocycles. The summed E-state index contributed by atoms with van der Waals surface area (Å²) in [6.45, 7) is 4.65. The van der Waals surface area contributed by atoms with Gasteiger partial charge in [0.1, 0.15) is 0 Å². The predicted octanol–water partition coefficient (Wildman–Crippen LogP) is 3.72. The van der Waals surface area contributed by atoms with E-state index in [4.69, 9.17) is 0 Å². The molecule has 26 heavy (non-hydrogen) atoms. The van der Waals surface area contributed by atoms with Crippen LogP contribution in [0.5, 0.6) is 0 Å². The number of urea groups is 1. The molecule has 4 heterocycles. The highest BCUT2D eigenvalue weighted by Crippen LogP contribution is 2.47. The number of aromatic nitrogens is 1. The van der Waals surface area contributed by atoms with Crippen molar-refractivity contribution in [3.05, 3.63) is 41.4 Å². The fourth-order valence-electron chi connectivity index (χ4n) is 4.81. The van der Waals surface area contributed by atoms with Crippen LogP contribution in [0, 0.1) is 0 Å². The Morgan fingerprint density at radius 1 is 1.08 bits per heavy atom. The normalized spacial score (nSPS) is 21.5. The first-order valence-corrected chi connectivity index (χ1v) is 10.5. The monoisotopic (exact) mass is 368 g/mol. The van der Waals surface area contributed by atoms with E-state index in [0.717, 1.165) is 69.2 Å². The van der Waals surface area contributed by atoms with Crippen LogP contribution in [0.25, 0.3) is 0 Å². The summed E-state index contributed by atoms with van der Waals surface area (Å²) in [5.74, 6) is 0. The van der Waals surface area contributed by atoms with Crippen LogP contribution in [-0.4, -0.2) is 48.6 Å². The van der Waals surface area contributed by atoms with Crippen LogP contribution in [0.4, 0.5) is 15.6 Å². The number of carbonyl (C=O) groups excluding carboxylic acids is 1. The molecule has 2 saturated heterocycles. The van der Waals surface area contributed by atoms with Crippen molar-refractivity contribution in [2.45, 2.75) is 31.1 Å². The average molecular weight is 369 g/mol. The van der Waals surface area contributed by atoms with E-state index in [1.54, 1.807) is 11.3 Å². The minimum atomic E-state index is 0.0970. The first-order valence-electron chi connectivity index (χ1n) is 9.57. The largest absolute Gasteiger partial charge is 0.348 e. The molecule has 1 aromatic carbocycles. The van der Waals surface area contributed by atoms with Crippen LogP contribution in [-0.2, 0) is 5.41 Å². The Labute approximate surface area is 158 Å². The third-order valence-electron chi connectivity index (χ3n) is 6.24. The van der Waals surface area contributed by atoms with Crippen LogP contribution < -0.4 is 9.80 Å². The van der Waals surface area contributed by atoms with Crippen molar-refractivity contribution in [3.8, 4) is 0 Å². The van der Waals surface area contributed by atoms with E-state index in [9.17, 15) is 4.79 Å². The molecule has 136 valence electrons. The fraction of sp³-hybridized carbons (Fsp3) is 0.500. The molecule has 0 radical (unpaired) electrons. The Kier molecular flexibility index (Phi) is 3.89. The fourth-order valence-corrected chi connectivity index (χ4v) is 5.50. The second kappa shape index (κ2) is 6.27. The van der Waals surface area contributed by atoms with Gasteiger partial charge >= 0.3 is 6.03 Å². The summed E-state index contributed by atoms with van der Waals surface area (Å²) in [6, 6.07) is 8.76. The summed E-state index contributed by atoms with van der Waals surface area (Å²) in [6.07, 6.45) is 6.30. The number of rotatable bonds is 1. The first-order chi connectivity index (χ1) is 12.8. The quantitative estimate of drug-likeness (QED) is 0.770.